The maximum atomic E-state index is 12.5. The van der Waals surface area contributed by atoms with Gasteiger partial charge >= 0.3 is 0 Å². The SMILES string of the molecule is COc1ccccc1CN1C[C@H](C(=O)NCCc2cccnc2)CCC1=O. The molecular weight excluding hydrogens is 342 g/mol. The van der Waals surface area contributed by atoms with Crippen molar-refractivity contribution < 1.29 is 14.3 Å². The third-order valence-corrected chi connectivity index (χ3v) is 4.86. The summed E-state index contributed by atoms with van der Waals surface area (Å²) in [5.74, 6) is 0.677. The fourth-order valence-corrected chi connectivity index (χ4v) is 3.34. The van der Waals surface area contributed by atoms with E-state index in [0.29, 0.717) is 32.5 Å². The molecule has 0 aliphatic carbocycles. The monoisotopic (exact) mass is 367 g/mol. The Kier molecular flexibility index (Phi) is 6.41. The summed E-state index contributed by atoms with van der Waals surface area (Å²) in [4.78, 5) is 30.7. The van der Waals surface area contributed by atoms with Crippen LogP contribution in [0.3, 0.4) is 0 Å². The number of para-hydroxylation sites is 1. The Bertz CT molecular complexity index is 779. The summed E-state index contributed by atoms with van der Waals surface area (Å²) in [7, 11) is 1.62. The number of benzene rings is 1. The Morgan fingerprint density at radius 1 is 1.30 bits per heavy atom. The zero-order valence-corrected chi connectivity index (χ0v) is 15.6. The first-order valence-electron chi connectivity index (χ1n) is 9.23. The molecule has 27 heavy (non-hydrogen) atoms. The summed E-state index contributed by atoms with van der Waals surface area (Å²) < 4.78 is 5.37. The average Bonchev–Trinajstić information content (AvgIpc) is 2.70. The number of pyridine rings is 1. The van der Waals surface area contributed by atoms with Gasteiger partial charge < -0.3 is 15.0 Å². The topological polar surface area (TPSA) is 71.5 Å². The van der Waals surface area contributed by atoms with E-state index in [2.05, 4.69) is 10.3 Å². The molecule has 0 saturated carbocycles. The molecule has 1 saturated heterocycles. The second kappa shape index (κ2) is 9.16. The number of nitrogens with one attached hydrogen (secondary N) is 1. The van der Waals surface area contributed by atoms with Crippen molar-refractivity contribution in [3.05, 3.63) is 59.9 Å². The van der Waals surface area contributed by atoms with Crippen LogP contribution in [-0.2, 0) is 22.6 Å². The van der Waals surface area contributed by atoms with Crippen molar-refractivity contribution in [2.45, 2.75) is 25.8 Å². The highest BCUT2D eigenvalue weighted by atomic mass is 16.5. The van der Waals surface area contributed by atoms with Crippen LogP contribution in [0.25, 0.3) is 0 Å². The van der Waals surface area contributed by atoms with Gasteiger partial charge in [-0.05, 0) is 30.5 Å². The minimum Gasteiger partial charge on any atom is -0.496 e. The Labute approximate surface area is 159 Å². The smallest absolute Gasteiger partial charge is 0.224 e. The maximum absolute atomic E-state index is 12.5. The Morgan fingerprint density at radius 2 is 2.15 bits per heavy atom. The maximum Gasteiger partial charge on any atom is 0.224 e. The molecule has 1 aliphatic heterocycles. The van der Waals surface area contributed by atoms with Gasteiger partial charge in [0, 0.05) is 44.0 Å². The summed E-state index contributed by atoms with van der Waals surface area (Å²) in [5.41, 5.74) is 2.04. The summed E-state index contributed by atoms with van der Waals surface area (Å²) in [6.45, 7) is 1.47. The third-order valence-electron chi connectivity index (χ3n) is 4.86. The van der Waals surface area contributed by atoms with Gasteiger partial charge in [-0.1, -0.05) is 24.3 Å². The predicted octanol–water partition coefficient (Wildman–Crippen LogP) is 2.19. The highest BCUT2D eigenvalue weighted by Gasteiger charge is 2.30. The van der Waals surface area contributed by atoms with Crippen LogP contribution in [-0.4, -0.2) is 41.9 Å². The molecule has 0 unspecified atom stereocenters. The van der Waals surface area contributed by atoms with Gasteiger partial charge in [-0.25, -0.2) is 0 Å². The van der Waals surface area contributed by atoms with Crippen LogP contribution in [0.4, 0.5) is 0 Å². The van der Waals surface area contributed by atoms with Crippen LogP contribution in [0.1, 0.15) is 24.0 Å². The molecule has 2 aromatic rings. The molecule has 6 nitrogen and oxygen atoms in total. The quantitative estimate of drug-likeness (QED) is 0.814. The lowest BCUT2D eigenvalue weighted by molar-refractivity contribution is -0.138. The van der Waals surface area contributed by atoms with Gasteiger partial charge in [0.25, 0.3) is 0 Å². The van der Waals surface area contributed by atoms with Crippen LogP contribution in [0.2, 0.25) is 0 Å². The van der Waals surface area contributed by atoms with Crippen molar-refractivity contribution in [3.8, 4) is 5.75 Å². The van der Waals surface area contributed by atoms with Gasteiger partial charge in [-0.2, -0.15) is 0 Å². The lowest BCUT2D eigenvalue weighted by Crippen LogP contribution is -2.45. The van der Waals surface area contributed by atoms with Crippen molar-refractivity contribution in [1.29, 1.82) is 0 Å². The Hall–Kier alpha value is -2.89. The number of hydrogen-bond acceptors (Lipinski definition) is 4. The van der Waals surface area contributed by atoms with E-state index >= 15 is 0 Å². The normalized spacial score (nSPS) is 16.9. The molecular formula is C21H25N3O3. The molecule has 2 amide bonds. The number of hydrogen-bond donors (Lipinski definition) is 1. The van der Waals surface area contributed by atoms with E-state index < -0.39 is 0 Å². The van der Waals surface area contributed by atoms with E-state index in [1.807, 2.05) is 36.4 Å². The van der Waals surface area contributed by atoms with E-state index in [-0.39, 0.29) is 17.7 Å². The van der Waals surface area contributed by atoms with Crippen LogP contribution in [0, 0.1) is 5.92 Å². The molecule has 1 aromatic carbocycles. The molecule has 1 N–H and O–H groups in total. The molecule has 6 heteroatoms. The molecule has 3 rings (SSSR count). The highest BCUT2D eigenvalue weighted by molar-refractivity contribution is 5.83. The van der Waals surface area contributed by atoms with Crippen molar-refractivity contribution in [2.24, 2.45) is 5.92 Å². The zero-order chi connectivity index (χ0) is 19.1. The number of ether oxygens (including phenoxy) is 1. The largest absolute Gasteiger partial charge is 0.496 e. The van der Waals surface area contributed by atoms with Crippen molar-refractivity contribution >= 4 is 11.8 Å². The number of amides is 2. The van der Waals surface area contributed by atoms with Crippen LogP contribution in [0.15, 0.2) is 48.8 Å². The van der Waals surface area contributed by atoms with Gasteiger partial charge in [0.1, 0.15) is 5.75 Å². The van der Waals surface area contributed by atoms with Gasteiger partial charge in [0.15, 0.2) is 0 Å². The Morgan fingerprint density at radius 3 is 2.93 bits per heavy atom. The molecule has 2 heterocycles. The number of carbonyl (C=O) groups excluding carboxylic acids is 2. The number of piperidine rings is 1. The van der Waals surface area contributed by atoms with E-state index in [0.717, 1.165) is 23.3 Å². The summed E-state index contributed by atoms with van der Waals surface area (Å²) in [6, 6.07) is 11.5. The number of rotatable bonds is 7. The second-order valence-corrected chi connectivity index (χ2v) is 6.72. The zero-order valence-electron chi connectivity index (χ0n) is 15.6. The standard InChI is InChI=1S/C21H25N3O3/c1-27-19-7-3-2-6-17(19)14-24-15-18(8-9-20(24)25)21(26)23-12-10-16-5-4-11-22-13-16/h2-7,11,13,18H,8-10,12,14-15H2,1H3,(H,23,26)/t18-/m1/s1. The van der Waals surface area contributed by atoms with Crippen molar-refractivity contribution in [2.75, 3.05) is 20.2 Å². The molecule has 1 aromatic heterocycles. The lowest BCUT2D eigenvalue weighted by atomic mass is 9.96. The molecule has 1 fully saturated rings. The van der Waals surface area contributed by atoms with Gasteiger partial charge in [0.05, 0.1) is 13.0 Å². The molecule has 142 valence electrons. The summed E-state index contributed by atoms with van der Waals surface area (Å²) >= 11 is 0. The number of nitrogens with zero attached hydrogens (tertiary/aromatic N) is 2. The molecule has 1 aliphatic rings. The molecule has 0 bridgehead atoms. The van der Waals surface area contributed by atoms with Crippen LogP contribution >= 0.6 is 0 Å². The van der Waals surface area contributed by atoms with Gasteiger partial charge in [0.2, 0.25) is 11.8 Å². The molecule has 1 atom stereocenters. The number of aromatic nitrogens is 1. The van der Waals surface area contributed by atoms with Crippen molar-refractivity contribution in [3.63, 3.8) is 0 Å². The Balaban J connectivity index is 1.54. The first kappa shape index (κ1) is 18.9. The fourth-order valence-electron chi connectivity index (χ4n) is 3.34. The third kappa shape index (κ3) is 5.06. The number of carbonyl (C=O) groups is 2. The minimum absolute atomic E-state index is 0.0106. The summed E-state index contributed by atoms with van der Waals surface area (Å²) in [6.07, 6.45) is 5.28. The fraction of sp³-hybridized carbons (Fsp3) is 0.381. The predicted molar refractivity (Wildman–Crippen MR) is 102 cm³/mol. The average molecular weight is 367 g/mol. The minimum atomic E-state index is -0.175. The van der Waals surface area contributed by atoms with E-state index in [4.69, 9.17) is 4.74 Å². The van der Waals surface area contributed by atoms with Crippen molar-refractivity contribution in [1.82, 2.24) is 15.2 Å². The van der Waals surface area contributed by atoms with Crippen LogP contribution in [0.5, 0.6) is 5.75 Å². The number of likely N-dealkylation sites (tertiary alicyclic amines) is 1. The number of methoxy groups -OCH3 is 1. The van der Waals surface area contributed by atoms with Gasteiger partial charge in [-0.15, -0.1) is 0 Å². The first-order chi connectivity index (χ1) is 13.2. The van der Waals surface area contributed by atoms with Crippen LogP contribution < -0.4 is 10.1 Å². The highest BCUT2D eigenvalue weighted by Crippen LogP contribution is 2.24. The first-order valence-corrected chi connectivity index (χ1v) is 9.23. The van der Waals surface area contributed by atoms with E-state index in [1.54, 1.807) is 24.4 Å². The second-order valence-electron chi connectivity index (χ2n) is 6.72. The lowest BCUT2D eigenvalue weighted by Gasteiger charge is -2.32. The molecule has 0 radical (unpaired) electrons. The molecule has 0 spiro atoms. The van der Waals surface area contributed by atoms with Gasteiger partial charge in [-0.3, -0.25) is 14.6 Å². The van der Waals surface area contributed by atoms with E-state index in [1.165, 1.54) is 0 Å². The summed E-state index contributed by atoms with van der Waals surface area (Å²) in [5, 5.41) is 2.99. The van der Waals surface area contributed by atoms with E-state index in [9.17, 15) is 9.59 Å².